The second-order valence-corrected chi connectivity index (χ2v) is 15.0. The monoisotopic (exact) mass is 498 g/mol. The van der Waals surface area contributed by atoms with E-state index >= 15 is 0 Å². The van der Waals surface area contributed by atoms with Crippen molar-refractivity contribution in [2.45, 2.75) is 44.9 Å². The molecule has 0 fully saturated rings. The number of hydrogen-bond donors (Lipinski definition) is 0. The van der Waals surface area contributed by atoms with Gasteiger partial charge in [0.25, 0.3) is 0 Å². The molecule has 2 heteroatoms. The van der Waals surface area contributed by atoms with Gasteiger partial charge in [-0.15, -0.1) is 0 Å². The van der Waals surface area contributed by atoms with E-state index in [0.29, 0.717) is 0 Å². The van der Waals surface area contributed by atoms with Gasteiger partial charge < -0.3 is 0 Å². The van der Waals surface area contributed by atoms with Crippen LogP contribution >= 0.6 is 15.8 Å². The Hall–Kier alpha value is -2.26. The Bertz CT molecular complexity index is 982. The van der Waals surface area contributed by atoms with Crippen molar-refractivity contribution in [3.05, 3.63) is 121 Å². The van der Waals surface area contributed by atoms with Crippen molar-refractivity contribution in [1.29, 1.82) is 0 Å². The Morgan fingerprint density at radius 1 is 0.400 bits per heavy atom. The standard InChI is InChI=1S/C33H40P2/c1(2-4-18-28-34-30-20-10-6-11-21-30)3-5-19-29-35(31-22-12-7-13-23-31,32-24-14-8-15-25-32)33-26-16-9-17-27-33/h6-17,20-27,34-35H,1-5,18-19,28-29H2. The Morgan fingerprint density at radius 3 is 1.23 bits per heavy atom. The van der Waals surface area contributed by atoms with Gasteiger partial charge in [-0.25, -0.2) is 0 Å². The van der Waals surface area contributed by atoms with Crippen molar-refractivity contribution >= 4 is 37.1 Å². The van der Waals surface area contributed by atoms with Gasteiger partial charge in [0.05, 0.1) is 0 Å². The summed E-state index contributed by atoms with van der Waals surface area (Å²) in [5, 5.41) is 6.13. The molecule has 4 aromatic carbocycles. The Morgan fingerprint density at radius 2 is 0.771 bits per heavy atom. The van der Waals surface area contributed by atoms with Gasteiger partial charge >= 0.3 is 197 Å². The Labute approximate surface area is 215 Å². The van der Waals surface area contributed by atoms with Crippen LogP contribution in [0.5, 0.6) is 0 Å². The van der Waals surface area contributed by atoms with Crippen molar-refractivity contribution in [2.75, 3.05) is 12.3 Å². The van der Waals surface area contributed by atoms with E-state index in [2.05, 4.69) is 121 Å². The molecule has 0 spiro atoms. The molecule has 1 unspecified atom stereocenters. The molecule has 0 saturated heterocycles. The van der Waals surface area contributed by atoms with Gasteiger partial charge in [-0.1, -0.05) is 18.2 Å². The average molecular weight is 499 g/mol. The zero-order valence-corrected chi connectivity index (χ0v) is 22.9. The van der Waals surface area contributed by atoms with Gasteiger partial charge in [-0.2, -0.15) is 0 Å². The van der Waals surface area contributed by atoms with Gasteiger partial charge in [-0.3, -0.25) is 0 Å². The first kappa shape index (κ1) is 25.8. The molecule has 0 aliphatic rings. The first-order valence-electron chi connectivity index (χ1n) is 13.3. The van der Waals surface area contributed by atoms with Gasteiger partial charge in [0.15, 0.2) is 0 Å². The minimum absolute atomic E-state index is 0.973. The van der Waals surface area contributed by atoms with Crippen LogP contribution in [0.25, 0.3) is 0 Å². The summed E-state index contributed by atoms with van der Waals surface area (Å²) in [6.45, 7) is 0. The van der Waals surface area contributed by atoms with Crippen LogP contribution in [0.1, 0.15) is 44.9 Å². The van der Waals surface area contributed by atoms with Crippen LogP contribution in [-0.2, 0) is 0 Å². The van der Waals surface area contributed by atoms with Crippen molar-refractivity contribution < 1.29 is 0 Å². The second kappa shape index (κ2) is 14.3. The van der Waals surface area contributed by atoms with Crippen LogP contribution in [0, 0.1) is 0 Å². The topological polar surface area (TPSA) is 0 Å². The summed E-state index contributed by atoms with van der Waals surface area (Å²) >= 11 is 0. The van der Waals surface area contributed by atoms with E-state index < -0.39 is 7.26 Å². The normalized spacial score (nSPS) is 12.2. The van der Waals surface area contributed by atoms with Gasteiger partial charge in [0.2, 0.25) is 0 Å². The molecule has 0 aliphatic carbocycles. The molecule has 35 heavy (non-hydrogen) atoms. The Kier molecular flexibility index (Phi) is 10.6. The molecule has 0 radical (unpaired) electrons. The third kappa shape index (κ3) is 7.36. The van der Waals surface area contributed by atoms with Gasteiger partial charge in [-0.05, 0) is 0 Å². The second-order valence-electron chi connectivity index (χ2n) is 9.52. The van der Waals surface area contributed by atoms with Crippen molar-refractivity contribution in [3.8, 4) is 0 Å². The fraction of sp³-hybridized carbons (Fsp3) is 0.273. The minimum Gasteiger partial charge on any atom is -0.0616 e. The van der Waals surface area contributed by atoms with Crippen LogP contribution in [0.4, 0.5) is 0 Å². The van der Waals surface area contributed by atoms with Crippen molar-refractivity contribution in [1.82, 2.24) is 0 Å². The molecule has 0 aliphatic heterocycles. The molecule has 0 amide bonds. The SMILES string of the molecule is c1ccc(PCCCCCCCCC[PH](c2ccccc2)(c2ccccc2)c2ccccc2)cc1. The number of benzene rings is 4. The molecule has 4 rings (SSSR count). The van der Waals surface area contributed by atoms with Gasteiger partial charge in [0, 0.05) is 0 Å². The maximum absolute atomic E-state index is 2.38. The molecule has 1 atom stereocenters. The third-order valence-corrected chi connectivity index (χ3v) is 13.5. The number of hydrogen-bond acceptors (Lipinski definition) is 0. The first-order chi connectivity index (χ1) is 17.4. The van der Waals surface area contributed by atoms with Crippen LogP contribution in [0.15, 0.2) is 121 Å². The van der Waals surface area contributed by atoms with E-state index in [1.165, 1.54) is 78.5 Å². The van der Waals surface area contributed by atoms with E-state index in [9.17, 15) is 0 Å². The Balaban J connectivity index is 1.31. The van der Waals surface area contributed by atoms with E-state index in [1.807, 2.05) is 0 Å². The molecule has 0 nitrogen and oxygen atoms in total. The fourth-order valence-electron chi connectivity index (χ4n) is 5.29. The quantitative estimate of drug-likeness (QED) is 0.125. The first-order valence-corrected chi connectivity index (χ1v) is 16.8. The zero-order valence-electron chi connectivity index (χ0n) is 20.9. The number of unbranched alkanes of at least 4 members (excludes halogenated alkanes) is 6. The number of rotatable bonds is 14. The molecule has 4 aromatic rings. The van der Waals surface area contributed by atoms with Crippen LogP contribution < -0.4 is 21.2 Å². The summed E-state index contributed by atoms with van der Waals surface area (Å²) < 4.78 is 0. The predicted octanol–water partition coefficient (Wildman–Crippen LogP) is 7.45. The molecular weight excluding hydrogens is 458 g/mol. The fourth-order valence-corrected chi connectivity index (χ4v) is 11.4. The van der Waals surface area contributed by atoms with E-state index in [4.69, 9.17) is 0 Å². The maximum atomic E-state index is 2.38. The summed E-state index contributed by atoms with van der Waals surface area (Å²) in [5.41, 5.74) is 0. The average Bonchev–Trinajstić information content (AvgIpc) is 2.94. The van der Waals surface area contributed by atoms with Crippen LogP contribution in [-0.4, -0.2) is 12.3 Å². The summed E-state index contributed by atoms with van der Waals surface area (Å²) in [7, 11) is -1.07. The van der Waals surface area contributed by atoms with Crippen LogP contribution in [0.2, 0.25) is 0 Å². The zero-order chi connectivity index (χ0) is 24.0. The summed E-state index contributed by atoms with van der Waals surface area (Å²) in [6.07, 6.45) is 12.2. The van der Waals surface area contributed by atoms with Crippen molar-refractivity contribution in [3.63, 3.8) is 0 Å². The molecule has 0 aromatic heterocycles. The van der Waals surface area contributed by atoms with Crippen LogP contribution in [0.3, 0.4) is 0 Å². The minimum atomic E-state index is -2.04. The molecule has 0 N–H and O–H groups in total. The summed E-state index contributed by atoms with van der Waals surface area (Å²) in [4.78, 5) is 0. The summed E-state index contributed by atoms with van der Waals surface area (Å²) in [5.74, 6) is 0. The van der Waals surface area contributed by atoms with Gasteiger partial charge in [0.1, 0.15) is 0 Å². The smallest absolute Gasteiger partial charge is 0.0616 e. The van der Waals surface area contributed by atoms with E-state index in [1.54, 1.807) is 0 Å². The molecule has 182 valence electrons. The molecular formula is C33H40P2. The third-order valence-electron chi connectivity index (χ3n) is 7.13. The molecule has 0 saturated carbocycles. The molecule has 0 heterocycles. The molecule has 0 bridgehead atoms. The summed E-state index contributed by atoms with van der Waals surface area (Å²) in [6, 6.07) is 45.0. The van der Waals surface area contributed by atoms with E-state index in [0.717, 1.165) is 8.58 Å². The van der Waals surface area contributed by atoms with E-state index in [-0.39, 0.29) is 0 Å². The predicted molar refractivity (Wildman–Crippen MR) is 163 cm³/mol. The van der Waals surface area contributed by atoms with Crippen molar-refractivity contribution in [2.24, 2.45) is 0 Å².